The van der Waals surface area contributed by atoms with Crippen LogP contribution in [-0.4, -0.2) is 6.10 Å². The average Bonchev–Trinajstić information content (AvgIpc) is 3.25. The molecule has 0 bridgehead atoms. The van der Waals surface area contributed by atoms with Crippen molar-refractivity contribution in [2.75, 3.05) is 4.90 Å². The summed E-state index contributed by atoms with van der Waals surface area (Å²) in [5.74, 6) is 0.988. The number of rotatable bonds is 4. The van der Waals surface area contributed by atoms with Gasteiger partial charge in [-0.25, -0.2) is 0 Å². The lowest BCUT2D eigenvalue weighted by atomic mass is 9.82. The lowest BCUT2D eigenvalue weighted by Crippen LogP contribution is -2.27. The summed E-state index contributed by atoms with van der Waals surface area (Å²) < 4.78 is 6.72. The molecular weight excluding hydrogens is 571 g/mol. The Kier molecular flexibility index (Phi) is 6.33. The standard InChI is InChI=1S/C45H35NO/c1-45(2)41-18-10-8-16-37(41)38-26-24-34(29-42(38)45)46(32-22-20-31(21-23-32)30-12-4-3-5-13-30)33-25-27-44-40(28-33)36-15-7-6-14-35(36)39-17-9-11-19-43(39)47-44/h3-29,40,44H,1-2H3. The summed E-state index contributed by atoms with van der Waals surface area (Å²) in [5, 5.41) is 0. The van der Waals surface area contributed by atoms with Crippen LogP contribution in [0, 0.1) is 0 Å². The molecule has 1 heterocycles. The number of nitrogens with zero attached hydrogens (tertiary/aromatic N) is 1. The number of para-hydroxylation sites is 1. The smallest absolute Gasteiger partial charge is 0.128 e. The highest BCUT2D eigenvalue weighted by atomic mass is 16.5. The average molecular weight is 606 g/mol. The van der Waals surface area contributed by atoms with Crippen LogP contribution >= 0.6 is 0 Å². The number of hydrogen-bond donors (Lipinski definition) is 0. The molecule has 226 valence electrons. The van der Waals surface area contributed by atoms with Gasteiger partial charge in [0.15, 0.2) is 0 Å². The predicted molar refractivity (Wildman–Crippen MR) is 194 cm³/mol. The molecule has 0 radical (unpaired) electrons. The Labute approximate surface area is 276 Å². The Hall–Kier alpha value is -5.60. The number of anilines is 2. The first kappa shape index (κ1) is 27.7. The predicted octanol–water partition coefficient (Wildman–Crippen LogP) is 11.5. The van der Waals surface area contributed by atoms with Crippen molar-refractivity contribution in [2.45, 2.75) is 31.3 Å². The van der Waals surface area contributed by atoms with Crippen molar-refractivity contribution in [3.8, 4) is 39.1 Å². The van der Waals surface area contributed by atoms with E-state index >= 15 is 0 Å². The largest absolute Gasteiger partial charge is 0.485 e. The van der Waals surface area contributed by atoms with Crippen LogP contribution in [0.5, 0.6) is 5.75 Å². The minimum absolute atomic E-state index is 0.0554. The van der Waals surface area contributed by atoms with E-state index in [4.69, 9.17) is 4.74 Å². The van der Waals surface area contributed by atoms with E-state index in [-0.39, 0.29) is 17.4 Å². The topological polar surface area (TPSA) is 12.5 Å². The fourth-order valence-corrected chi connectivity index (χ4v) is 7.86. The minimum Gasteiger partial charge on any atom is -0.485 e. The van der Waals surface area contributed by atoms with Gasteiger partial charge in [0.05, 0.1) is 0 Å². The maximum atomic E-state index is 6.72. The van der Waals surface area contributed by atoms with Crippen LogP contribution in [0.15, 0.2) is 170 Å². The van der Waals surface area contributed by atoms with Crippen LogP contribution in [0.3, 0.4) is 0 Å². The highest BCUT2D eigenvalue weighted by molar-refractivity contribution is 5.85. The number of allylic oxidation sites excluding steroid dienone is 1. The van der Waals surface area contributed by atoms with E-state index in [1.54, 1.807) is 0 Å². The second-order valence-corrected chi connectivity index (χ2v) is 13.3. The van der Waals surface area contributed by atoms with Crippen LogP contribution in [-0.2, 0) is 5.41 Å². The fourth-order valence-electron chi connectivity index (χ4n) is 7.86. The lowest BCUT2D eigenvalue weighted by molar-refractivity contribution is 0.235. The van der Waals surface area contributed by atoms with Crippen molar-refractivity contribution in [3.63, 3.8) is 0 Å². The van der Waals surface area contributed by atoms with Gasteiger partial charge in [-0.1, -0.05) is 129 Å². The van der Waals surface area contributed by atoms with Gasteiger partial charge in [-0.3, -0.25) is 0 Å². The fraction of sp³-hybridized carbons (Fsp3) is 0.111. The number of ether oxygens (including phenoxy) is 1. The molecule has 0 aromatic heterocycles. The molecule has 6 aromatic carbocycles. The van der Waals surface area contributed by atoms with E-state index in [0.29, 0.717) is 0 Å². The Morgan fingerprint density at radius 3 is 2.02 bits per heavy atom. The van der Waals surface area contributed by atoms with Crippen molar-refractivity contribution < 1.29 is 4.74 Å². The third-order valence-corrected chi connectivity index (χ3v) is 10.2. The maximum absolute atomic E-state index is 6.72. The quantitative estimate of drug-likeness (QED) is 0.198. The van der Waals surface area contributed by atoms with E-state index in [0.717, 1.165) is 28.4 Å². The van der Waals surface area contributed by atoms with Crippen molar-refractivity contribution in [3.05, 3.63) is 186 Å². The van der Waals surface area contributed by atoms with E-state index in [9.17, 15) is 0 Å². The number of benzene rings is 6. The lowest BCUT2D eigenvalue weighted by Gasteiger charge is -2.33. The first-order valence-corrected chi connectivity index (χ1v) is 16.5. The van der Waals surface area contributed by atoms with Gasteiger partial charge < -0.3 is 9.64 Å². The van der Waals surface area contributed by atoms with Crippen LogP contribution in [0.25, 0.3) is 33.4 Å². The Balaban J connectivity index is 1.19. The molecule has 2 nitrogen and oxygen atoms in total. The molecule has 2 atom stereocenters. The summed E-state index contributed by atoms with van der Waals surface area (Å²) in [6, 6.07) is 52.6. The molecule has 2 heteroatoms. The molecule has 1 aliphatic heterocycles. The minimum atomic E-state index is -0.0979. The second-order valence-electron chi connectivity index (χ2n) is 13.3. The molecule has 47 heavy (non-hydrogen) atoms. The molecule has 6 aromatic rings. The molecule has 0 saturated carbocycles. The Bertz CT molecular complexity index is 2210. The molecule has 3 aliphatic rings. The molecule has 0 fully saturated rings. The van der Waals surface area contributed by atoms with Gasteiger partial charge in [0.25, 0.3) is 0 Å². The van der Waals surface area contributed by atoms with Gasteiger partial charge in [-0.05, 0) is 93.1 Å². The van der Waals surface area contributed by atoms with Gasteiger partial charge in [0.2, 0.25) is 0 Å². The summed E-state index contributed by atoms with van der Waals surface area (Å²) in [4.78, 5) is 2.42. The van der Waals surface area contributed by atoms with Crippen LogP contribution in [0.2, 0.25) is 0 Å². The molecule has 0 N–H and O–H groups in total. The zero-order chi connectivity index (χ0) is 31.5. The zero-order valence-corrected chi connectivity index (χ0v) is 26.6. The third kappa shape index (κ3) is 4.47. The summed E-state index contributed by atoms with van der Waals surface area (Å²) in [7, 11) is 0. The zero-order valence-electron chi connectivity index (χ0n) is 26.6. The number of fused-ring (bicyclic) bond motifs is 8. The maximum Gasteiger partial charge on any atom is 0.128 e. The first-order valence-electron chi connectivity index (χ1n) is 16.5. The van der Waals surface area contributed by atoms with E-state index in [1.165, 1.54) is 44.5 Å². The van der Waals surface area contributed by atoms with Gasteiger partial charge in [0.1, 0.15) is 11.9 Å². The van der Waals surface area contributed by atoms with Crippen molar-refractivity contribution in [1.29, 1.82) is 0 Å². The normalized spacial score (nSPS) is 18.0. The second kappa shape index (κ2) is 10.7. The molecule has 2 aliphatic carbocycles. The highest BCUT2D eigenvalue weighted by Gasteiger charge is 2.36. The SMILES string of the molecule is CC1(C)c2ccccc2-c2ccc(N(C3=CC4c5ccccc5-c5ccccc5OC4C=C3)c3ccc(-c4ccccc4)cc3)cc21. The van der Waals surface area contributed by atoms with Crippen molar-refractivity contribution in [1.82, 2.24) is 0 Å². The molecule has 0 saturated heterocycles. The number of hydrogen-bond acceptors (Lipinski definition) is 2. The Morgan fingerprint density at radius 2 is 1.19 bits per heavy atom. The molecule has 2 unspecified atom stereocenters. The summed E-state index contributed by atoms with van der Waals surface area (Å²) in [6.07, 6.45) is 6.81. The van der Waals surface area contributed by atoms with Crippen molar-refractivity contribution >= 4 is 11.4 Å². The van der Waals surface area contributed by atoms with Crippen molar-refractivity contribution in [2.24, 2.45) is 0 Å². The summed E-state index contributed by atoms with van der Waals surface area (Å²) in [5.41, 5.74) is 14.8. The third-order valence-electron chi connectivity index (χ3n) is 10.2. The first-order chi connectivity index (χ1) is 23.1. The molecular formula is C45H35NO. The molecule has 9 rings (SSSR count). The van der Waals surface area contributed by atoms with Gasteiger partial charge in [-0.2, -0.15) is 0 Å². The van der Waals surface area contributed by atoms with Crippen LogP contribution in [0.4, 0.5) is 11.4 Å². The van der Waals surface area contributed by atoms with Crippen LogP contribution < -0.4 is 9.64 Å². The summed E-state index contributed by atoms with van der Waals surface area (Å²) >= 11 is 0. The van der Waals surface area contributed by atoms with E-state index < -0.39 is 0 Å². The van der Waals surface area contributed by atoms with Gasteiger partial charge in [-0.15, -0.1) is 0 Å². The monoisotopic (exact) mass is 605 g/mol. The van der Waals surface area contributed by atoms with Crippen LogP contribution in [0.1, 0.15) is 36.5 Å². The van der Waals surface area contributed by atoms with E-state index in [2.05, 4.69) is 183 Å². The van der Waals surface area contributed by atoms with Gasteiger partial charge in [0, 0.05) is 34.0 Å². The Morgan fingerprint density at radius 1 is 0.553 bits per heavy atom. The van der Waals surface area contributed by atoms with Gasteiger partial charge >= 0.3 is 0 Å². The molecule has 0 amide bonds. The molecule has 0 spiro atoms. The summed E-state index contributed by atoms with van der Waals surface area (Å²) in [6.45, 7) is 4.70. The highest BCUT2D eigenvalue weighted by Crippen LogP contribution is 2.51. The van der Waals surface area contributed by atoms with E-state index in [1.807, 2.05) is 0 Å².